The number of para-hydroxylation sites is 1. The molecule has 1 N–H and O–H groups in total. The number of benzene rings is 1. The first-order valence-electron chi connectivity index (χ1n) is 7.33. The minimum absolute atomic E-state index is 0.407. The Morgan fingerprint density at radius 2 is 2.00 bits per heavy atom. The van der Waals surface area contributed by atoms with E-state index in [2.05, 4.69) is 54.0 Å². The van der Waals surface area contributed by atoms with Crippen LogP contribution in [0.25, 0.3) is 0 Å². The quantitative estimate of drug-likeness (QED) is 0.807. The molecule has 0 amide bonds. The van der Waals surface area contributed by atoms with Crippen LogP contribution in [0.1, 0.15) is 23.4 Å². The van der Waals surface area contributed by atoms with Crippen molar-refractivity contribution in [1.29, 1.82) is 0 Å². The maximum absolute atomic E-state index is 5.67. The minimum atomic E-state index is 0.407. The maximum atomic E-state index is 5.67. The SMILES string of the molecule is CCOc1ccccc1CNCC(c1cccs1)N(C)C. The van der Waals surface area contributed by atoms with E-state index in [0.29, 0.717) is 12.6 Å². The molecule has 0 fully saturated rings. The predicted molar refractivity (Wildman–Crippen MR) is 90.1 cm³/mol. The van der Waals surface area contributed by atoms with E-state index < -0.39 is 0 Å². The lowest BCUT2D eigenvalue weighted by Crippen LogP contribution is -2.30. The van der Waals surface area contributed by atoms with Gasteiger partial charge in [-0.1, -0.05) is 24.3 Å². The molecule has 0 spiro atoms. The summed E-state index contributed by atoms with van der Waals surface area (Å²) in [7, 11) is 4.25. The lowest BCUT2D eigenvalue weighted by Gasteiger charge is -2.24. The molecule has 3 nitrogen and oxygen atoms in total. The van der Waals surface area contributed by atoms with E-state index in [-0.39, 0.29) is 0 Å². The van der Waals surface area contributed by atoms with Gasteiger partial charge in [-0.3, -0.25) is 0 Å². The first-order chi connectivity index (χ1) is 10.2. The number of hydrogen-bond donors (Lipinski definition) is 1. The van der Waals surface area contributed by atoms with Crippen molar-refractivity contribution in [3.05, 3.63) is 52.2 Å². The number of nitrogens with one attached hydrogen (secondary N) is 1. The van der Waals surface area contributed by atoms with Crippen molar-refractivity contribution in [2.75, 3.05) is 27.2 Å². The van der Waals surface area contributed by atoms with Crippen molar-refractivity contribution >= 4 is 11.3 Å². The highest BCUT2D eigenvalue weighted by Crippen LogP contribution is 2.23. The Hall–Kier alpha value is -1.36. The van der Waals surface area contributed by atoms with Gasteiger partial charge in [0.1, 0.15) is 5.75 Å². The van der Waals surface area contributed by atoms with Crippen molar-refractivity contribution in [2.24, 2.45) is 0 Å². The number of thiophene rings is 1. The maximum Gasteiger partial charge on any atom is 0.123 e. The normalized spacial score (nSPS) is 12.6. The van der Waals surface area contributed by atoms with E-state index >= 15 is 0 Å². The summed E-state index contributed by atoms with van der Waals surface area (Å²) in [4.78, 5) is 3.65. The molecule has 2 rings (SSSR count). The second-order valence-corrected chi connectivity index (χ2v) is 6.15. The van der Waals surface area contributed by atoms with Crippen LogP contribution >= 0.6 is 11.3 Å². The zero-order chi connectivity index (χ0) is 15.1. The third-order valence-electron chi connectivity index (χ3n) is 3.42. The molecule has 0 saturated carbocycles. The average molecular weight is 304 g/mol. The fraction of sp³-hybridized carbons (Fsp3) is 0.412. The molecular weight excluding hydrogens is 280 g/mol. The van der Waals surface area contributed by atoms with Crippen molar-refractivity contribution in [3.63, 3.8) is 0 Å². The number of hydrogen-bond acceptors (Lipinski definition) is 4. The predicted octanol–water partition coefficient (Wildman–Crippen LogP) is 3.54. The second-order valence-electron chi connectivity index (χ2n) is 5.17. The minimum Gasteiger partial charge on any atom is -0.494 e. The van der Waals surface area contributed by atoms with Gasteiger partial charge in [0, 0.05) is 23.5 Å². The average Bonchev–Trinajstić information content (AvgIpc) is 2.99. The monoisotopic (exact) mass is 304 g/mol. The molecule has 2 aromatic rings. The van der Waals surface area contributed by atoms with Gasteiger partial charge in [0.25, 0.3) is 0 Å². The van der Waals surface area contributed by atoms with Crippen molar-refractivity contribution < 1.29 is 4.74 Å². The van der Waals surface area contributed by atoms with Gasteiger partial charge in [0.05, 0.1) is 12.6 Å². The molecule has 0 radical (unpaired) electrons. The lowest BCUT2D eigenvalue weighted by atomic mass is 10.2. The molecule has 0 bridgehead atoms. The van der Waals surface area contributed by atoms with Crippen LogP contribution in [-0.4, -0.2) is 32.1 Å². The van der Waals surface area contributed by atoms with E-state index in [9.17, 15) is 0 Å². The van der Waals surface area contributed by atoms with Gasteiger partial charge in [-0.25, -0.2) is 0 Å². The van der Waals surface area contributed by atoms with Gasteiger partial charge < -0.3 is 15.0 Å². The van der Waals surface area contributed by atoms with E-state index in [1.165, 1.54) is 10.4 Å². The molecule has 1 aromatic heterocycles. The molecule has 1 unspecified atom stereocenters. The Bertz CT molecular complexity index is 525. The summed E-state index contributed by atoms with van der Waals surface area (Å²) in [6.45, 7) is 4.47. The van der Waals surface area contributed by atoms with Gasteiger partial charge in [0.2, 0.25) is 0 Å². The van der Waals surface area contributed by atoms with Gasteiger partial charge in [-0.2, -0.15) is 0 Å². The van der Waals surface area contributed by atoms with Crippen LogP contribution in [-0.2, 0) is 6.54 Å². The molecular formula is C17H24N2OS. The largest absolute Gasteiger partial charge is 0.494 e. The highest BCUT2D eigenvalue weighted by molar-refractivity contribution is 7.10. The molecule has 0 aliphatic heterocycles. The standard InChI is InChI=1S/C17H24N2OS/c1-4-20-16-9-6-5-8-14(16)12-18-13-15(19(2)3)17-10-7-11-21-17/h5-11,15,18H,4,12-13H2,1-3H3. The third kappa shape index (κ3) is 4.56. The molecule has 1 heterocycles. The fourth-order valence-electron chi connectivity index (χ4n) is 2.31. The van der Waals surface area contributed by atoms with Gasteiger partial charge in [0.15, 0.2) is 0 Å². The summed E-state index contributed by atoms with van der Waals surface area (Å²) in [5, 5.41) is 5.69. The Labute approximate surface area is 131 Å². The van der Waals surface area contributed by atoms with Crippen LogP contribution in [0.2, 0.25) is 0 Å². The first kappa shape index (κ1) is 16.0. The topological polar surface area (TPSA) is 24.5 Å². The molecule has 1 aromatic carbocycles. The van der Waals surface area contributed by atoms with Gasteiger partial charge in [-0.05, 0) is 38.5 Å². The summed E-state index contributed by atoms with van der Waals surface area (Å²) < 4.78 is 5.67. The smallest absolute Gasteiger partial charge is 0.123 e. The molecule has 0 saturated heterocycles. The summed E-state index contributed by atoms with van der Waals surface area (Å²) in [6, 6.07) is 12.9. The highest BCUT2D eigenvalue weighted by Gasteiger charge is 2.14. The van der Waals surface area contributed by atoms with Crippen molar-refractivity contribution in [1.82, 2.24) is 10.2 Å². The van der Waals surface area contributed by atoms with Crippen LogP contribution in [0.4, 0.5) is 0 Å². The fourth-order valence-corrected chi connectivity index (χ4v) is 3.23. The Balaban J connectivity index is 1.94. The first-order valence-corrected chi connectivity index (χ1v) is 8.21. The molecule has 0 aliphatic carbocycles. The molecule has 1 atom stereocenters. The zero-order valence-corrected chi connectivity index (χ0v) is 13.8. The third-order valence-corrected chi connectivity index (χ3v) is 4.39. The van der Waals surface area contributed by atoms with Crippen LogP contribution in [0.15, 0.2) is 41.8 Å². The summed E-state index contributed by atoms with van der Waals surface area (Å²) >= 11 is 1.81. The Morgan fingerprint density at radius 1 is 1.19 bits per heavy atom. The van der Waals surface area contributed by atoms with Gasteiger partial charge in [-0.15, -0.1) is 11.3 Å². The van der Waals surface area contributed by atoms with Gasteiger partial charge >= 0.3 is 0 Å². The number of likely N-dealkylation sites (N-methyl/N-ethyl adjacent to an activating group) is 1. The molecule has 0 aliphatic rings. The van der Waals surface area contributed by atoms with E-state index in [1.54, 1.807) is 0 Å². The van der Waals surface area contributed by atoms with Crippen LogP contribution < -0.4 is 10.1 Å². The number of rotatable bonds is 8. The second kappa shape index (κ2) is 8.17. The van der Waals surface area contributed by atoms with E-state index in [1.807, 2.05) is 30.4 Å². The van der Waals surface area contributed by atoms with Crippen LogP contribution in [0, 0.1) is 0 Å². The highest BCUT2D eigenvalue weighted by atomic mass is 32.1. The van der Waals surface area contributed by atoms with E-state index in [4.69, 9.17) is 4.74 Å². The van der Waals surface area contributed by atoms with E-state index in [0.717, 1.165) is 18.8 Å². The molecule has 21 heavy (non-hydrogen) atoms. The van der Waals surface area contributed by atoms with Crippen LogP contribution in [0.5, 0.6) is 5.75 Å². The van der Waals surface area contributed by atoms with Crippen molar-refractivity contribution in [2.45, 2.75) is 19.5 Å². The lowest BCUT2D eigenvalue weighted by molar-refractivity contribution is 0.291. The Kier molecular flexibility index (Phi) is 6.23. The van der Waals surface area contributed by atoms with Crippen LogP contribution in [0.3, 0.4) is 0 Å². The summed E-state index contributed by atoms with van der Waals surface area (Å²) in [6.07, 6.45) is 0. The number of ether oxygens (including phenoxy) is 1. The summed E-state index contributed by atoms with van der Waals surface area (Å²) in [5.41, 5.74) is 1.21. The summed E-state index contributed by atoms with van der Waals surface area (Å²) in [5.74, 6) is 0.977. The number of nitrogens with zero attached hydrogens (tertiary/aromatic N) is 1. The zero-order valence-electron chi connectivity index (χ0n) is 13.0. The molecule has 4 heteroatoms. The Morgan fingerprint density at radius 3 is 2.67 bits per heavy atom. The molecule has 114 valence electrons. The van der Waals surface area contributed by atoms with Crippen molar-refractivity contribution in [3.8, 4) is 5.75 Å².